The minimum Gasteiger partial charge on any atom is -0.454 e. The Hall–Kier alpha value is -2.11. The van der Waals surface area contributed by atoms with Gasteiger partial charge in [0, 0.05) is 23.7 Å². The van der Waals surface area contributed by atoms with Gasteiger partial charge in [0.05, 0.1) is 12.3 Å². The molecule has 0 aliphatic carbocycles. The molecule has 2 aromatic rings. The normalized spacial score (nSPS) is 14.3. The maximum Gasteiger partial charge on any atom is 0.231 e. The van der Waals surface area contributed by atoms with Crippen molar-refractivity contribution in [2.75, 3.05) is 13.4 Å². The van der Waals surface area contributed by atoms with Gasteiger partial charge < -0.3 is 20.3 Å². The molecule has 5 heteroatoms. The molecule has 1 aromatic carbocycles. The first kappa shape index (κ1) is 12.9. The second kappa shape index (κ2) is 5.48. The van der Waals surface area contributed by atoms with Crippen LogP contribution in [0.25, 0.3) is 11.3 Å². The van der Waals surface area contributed by atoms with Gasteiger partial charge in [-0.25, -0.2) is 0 Å². The number of hydrogen-bond acceptors (Lipinski definition) is 5. The molecule has 104 valence electrons. The number of fused-ring (bicyclic) bond motifs is 1. The zero-order chi connectivity index (χ0) is 13.9. The zero-order valence-electron chi connectivity index (χ0n) is 11.0. The number of aliphatic hydroxyl groups is 1. The van der Waals surface area contributed by atoms with Crippen molar-refractivity contribution in [2.45, 2.75) is 12.5 Å². The van der Waals surface area contributed by atoms with Crippen molar-refractivity contribution in [3.05, 3.63) is 42.1 Å². The summed E-state index contributed by atoms with van der Waals surface area (Å²) in [7, 11) is 0. The van der Waals surface area contributed by atoms with Crippen molar-refractivity contribution in [2.24, 2.45) is 5.73 Å². The fourth-order valence-electron chi connectivity index (χ4n) is 2.14. The fraction of sp³-hybridized carbons (Fsp3) is 0.267. The minimum atomic E-state index is -0.283. The number of pyridine rings is 1. The second-order valence-corrected chi connectivity index (χ2v) is 4.73. The molecule has 0 bridgehead atoms. The van der Waals surface area contributed by atoms with Crippen molar-refractivity contribution in [3.63, 3.8) is 0 Å². The number of nitrogens with zero attached hydrogens (tertiary/aromatic N) is 1. The van der Waals surface area contributed by atoms with Gasteiger partial charge in [0.15, 0.2) is 11.5 Å². The molecular weight excluding hydrogens is 256 g/mol. The summed E-state index contributed by atoms with van der Waals surface area (Å²) >= 11 is 0. The number of hydrogen-bond donors (Lipinski definition) is 2. The predicted molar refractivity (Wildman–Crippen MR) is 74.6 cm³/mol. The third kappa shape index (κ3) is 2.59. The van der Waals surface area contributed by atoms with Crippen molar-refractivity contribution >= 4 is 0 Å². The highest BCUT2D eigenvalue weighted by atomic mass is 16.7. The number of ether oxygens (including phenoxy) is 2. The SMILES string of the molecule is NC(CO)Cc1cccc(-c2ccc3c(c2)OCO3)n1. The maximum absolute atomic E-state index is 9.01. The van der Waals surface area contributed by atoms with E-state index in [2.05, 4.69) is 4.98 Å². The van der Waals surface area contributed by atoms with Gasteiger partial charge in [-0.05, 0) is 30.3 Å². The highest BCUT2D eigenvalue weighted by molar-refractivity contribution is 5.64. The minimum absolute atomic E-state index is 0.0457. The smallest absolute Gasteiger partial charge is 0.231 e. The lowest BCUT2D eigenvalue weighted by Crippen LogP contribution is -2.27. The van der Waals surface area contributed by atoms with Crippen molar-refractivity contribution in [1.82, 2.24) is 4.98 Å². The van der Waals surface area contributed by atoms with Crippen LogP contribution in [0.2, 0.25) is 0 Å². The van der Waals surface area contributed by atoms with Crippen molar-refractivity contribution in [1.29, 1.82) is 0 Å². The summed E-state index contributed by atoms with van der Waals surface area (Å²) in [5.74, 6) is 1.49. The van der Waals surface area contributed by atoms with Gasteiger partial charge >= 0.3 is 0 Å². The van der Waals surface area contributed by atoms with Crippen LogP contribution in [0.4, 0.5) is 0 Å². The molecule has 0 spiro atoms. The van der Waals surface area contributed by atoms with Gasteiger partial charge in [0.1, 0.15) is 0 Å². The largest absolute Gasteiger partial charge is 0.454 e. The van der Waals surface area contributed by atoms with Gasteiger partial charge in [0.2, 0.25) is 6.79 Å². The van der Waals surface area contributed by atoms with Gasteiger partial charge in [-0.3, -0.25) is 4.98 Å². The van der Waals surface area contributed by atoms with E-state index < -0.39 is 0 Å². The van der Waals surface area contributed by atoms with Gasteiger partial charge in [-0.2, -0.15) is 0 Å². The summed E-state index contributed by atoms with van der Waals surface area (Å²) < 4.78 is 10.7. The van der Waals surface area contributed by atoms with Crippen LogP contribution < -0.4 is 15.2 Å². The zero-order valence-corrected chi connectivity index (χ0v) is 11.0. The molecule has 5 nitrogen and oxygen atoms in total. The molecule has 0 saturated heterocycles. The second-order valence-electron chi connectivity index (χ2n) is 4.73. The Kier molecular flexibility index (Phi) is 3.54. The molecular formula is C15H16N2O3. The Balaban J connectivity index is 1.88. The number of nitrogens with two attached hydrogens (primary N) is 1. The van der Waals surface area contributed by atoms with Crippen molar-refractivity contribution in [3.8, 4) is 22.8 Å². The Bertz CT molecular complexity index is 616. The number of aliphatic hydroxyl groups excluding tert-OH is 1. The average molecular weight is 272 g/mol. The van der Waals surface area contributed by atoms with E-state index in [0.717, 1.165) is 28.5 Å². The summed E-state index contributed by atoms with van der Waals surface area (Å²) in [6.07, 6.45) is 0.550. The Morgan fingerprint density at radius 2 is 2.05 bits per heavy atom. The summed E-state index contributed by atoms with van der Waals surface area (Å²) in [4.78, 5) is 4.57. The maximum atomic E-state index is 9.01. The molecule has 1 atom stereocenters. The van der Waals surface area contributed by atoms with E-state index in [0.29, 0.717) is 6.42 Å². The monoisotopic (exact) mass is 272 g/mol. The first-order chi connectivity index (χ1) is 9.76. The highest BCUT2D eigenvalue weighted by Crippen LogP contribution is 2.35. The first-order valence-corrected chi connectivity index (χ1v) is 6.48. The summed E-state index contributed by atoms with van der Waals surface area (Å²) in [6, 6.07) is 11.2. The predicted octanol–water partition coefficient (Wildman–Crippen LogP) is 1.34. The topological polar surface area (TPSA) is 77.6 Å². The Morgan fingerprint density at radius 1 is 1.20 bits per heavy atom. The average Bonchev–Trinajstić information content (AvgIpc) is 2.94. The summed E-state index contributed by atoms with van der Waals surface area (Å²) in [5.41, 5.74) is 8.42. The number of benzene rings is 1. The van der Waals surface area contributed by atoms with Crippen LogP contribution in [0.15, 0.2) is 36.4 Å². The van der Waals surface area contributed by atoms with E-state index in [1.54, 1.807) is 0 Å². The molecule has 3 rings (SSSR count). The van der Waals surface area contributed by atoms with E-state index in [-0.39, 0.29) is 19.4 Å². The molecule has 3 N–H and O–H groups in total. The number of rotatable bonds is 4. The highest BCUT2D eigenvalue weighted by Gasteiger charge is 2.14. The van der Waals surface area contributed by atoms with E-state index in [4.69, 9.17) is 20.3 Å². The molecule has 0 radical (unpaired) electrons. The third-order valence-corrected chi connectivity index (χ3v) is 3.18. The van der Waals surface area contributed by atoms with Crippen LogP contribution in [0.5, 0.6) is 11.5 Å². The molecule has 1 aliphatic heterocycles. The number of aromatic nitrogens is 1. The van der Waals surface area contributed by atoms with Crippen LogP contribution in [-0.2, 0) is 6.42 Å². The fourth-order valence-corrected chi connectivity index (χ4v) is 2.14. The van der Waals surface area contributed by atoms with Crippen LogP contribution in [-0.4, -0.2) is 29.5 Å². The Labute approximate surface area is 117 Å². The standard InChI is InChI=1S/C15H16N2O3/c16-11(8-18)7-12-2-1-3-13(17-12)10-4-5-14-15(6-10)20-9-19-14/h1-6,11,18H,7-9,16H2. The Morgan fingerprint density at radius 3 is 2.90 bits per heavy atom. The van der Waals surface area contributed by atoms with Crippen LogP contribution in [0.1, 0.15) is 5.69 Å². The van der Waals surface area contributed by atoms with E-state index >= 15 is 0 Å². The lowest BCUT2D eigenvalue weighted by atomic mass is 10.1. The third-order valence-electron chi connectivity index (χ3n) is 3.18. The van der Waals surface area contributed by atoms with Gasteiger partial charge in [0.25, 0.3) is 0 Å². The van der Waals surface area contributed by atoms with E-state index in [9.17, 15) is 0 Å². The molecule has 0 amide bonds. The first-order valence-electron chi connectivity index (χ1n) is 6.48. The molecule has 2 heterocycles. The van der Waals surface area contributed by atoms with Crippen LogP contribution in [0, 0.1) is 0 Å². The molecule has 0 fully saturated rings. The van der Waals surface area contributed by atoms with E-state index in [1.165, 1.54) is 0 Å². The van der Waals surface area contributed by atoms with Crippen molar-refractivity contribution < 1.29 is 14.6 Å². The molecule has 1 aromatic heterocycles. The van der Waals surface area contributed by atoms with E-state index in [1.807, 2.05) is 36.4 Å². The quantitative estimate of drug-likeness (QED) is 0.878. The van der Waals surface area contributed by atoms with Gasteiger partial charge in [-0.15, -0.1) is 0 Å². The van der Waals surface area contributed by atoms with Crippen LogP contribution >= 0.6 is 0 Å². The molecule has 1 aliphatic rings. The molecule has 0 saturated carbocycles. The summed E-state index contributed by atoms with van der Waals surface area (Å²) in [5, 5.41) is 9.01. The lowest BCUT2D eigenvalue weighted by molar-refractivity contribution is 0.174. The van der Waals surface area contributed by atoms with Crippen LogP contribution in [0.3, 0.4) is 0 Å². The lowest BCUT2D eigenvalue weighted by Gasteiger charge is -2.09. The van der Waals surface area contributed by atoms with Gasteiger partial charge in [-0.1, -0.05) is 6.07 Å². The molecule has 20 heavy (non-hydrogen) atoms. The molecule has 1 unspecified atom stereocenters. The summed E-state index contributed by atoms with van der Waals surface area (Å²) in [6.45, 7) is 0.216.